The molecular weight excluding hydrogens is 334 g/mol. The predicted molar refractivity (Wildman–Crippen MR) is 76.5 cm³/mol. The van der Waals surface area contributed by atoms with E-state index in [1.54, 1.807) is 18.2 Å². The molecule has 6 heteroatoms. The highest BCUT2D eigenvalue weighted by Crippen LogP contribution is 2.22. The maximum Gasteiger partial charge on any atom is 0.339 e. The highest BCUT2D eigenvalue weighted by atomic mass is 79.9. The standard InChI is InChI=1S/C13H11BrClNO3/c1-18-13(17)10-6-8(2-4-11(10)15)16-7-9-3-5-12(14)19-9/h2-6,16H,7H2,1H3. The number of nitrogens with one attached hydrogen (secondary N) is 1. The van der Waals surface area contributed by atoms with Gasteiger partial charge >= 0.3 is 5.97 Å². The third kappa shape index (κ3) is 3.52. The summed E-state index contributed by atoms with van der Waals surface area (Å²) in [7, 11) is 1.32. The molecule has 0 fully saturated rings. The van der Waals surface area contributed by atoms with Crippen LogP contribution < -0.4 is 5.32 Å². The number of furan rings is 1. The van der Waals surface area contributed by atoms with Crippen molar-refractivity contribution in [3.8, 4) is 0 Å². The second-order valence-electron chi connectivity index (χ2n) is 3.75. The van der Waals surface area contributed by atoms with E-state index < -0.39 is 5.97 Å². The van der Waals surface area contributed by atoms with Crippen molar-refractivity contribution in [1.82, 2.24) is 0 Å². The Labute approximate surface area is 123 Å². The van der Waals surface area contributed by atoms with Crippen molar-refractivity contribution in [2.24, 2.45) is 0 Å². The Bertz CT molecular complexity index is 597. The van der Waals surface area contributed by atoms with E-state index in [9.17, 15) is 4.79 Å². The molecule has 0 aliphatic carbocycles. The molecule has 1 N–H and O–H groups in total. The van der Waals surface area contributed by atoms with Gasteiger partial charge in [-0.2, -0.15) is 0 Å². The Morgan fingerprint density at radius 2 is 2.21 bits per heavy atom. The van der Waals surface area contributed by atoms with Gasteiger partial charge in [-0.15, -0.1) is 0 Å². The van der Waals surface area contributed by atoms with E-state index in [-0.39, 0.29) is 0 Å². The van der Waals surface area contributed by atoms with Crippen molar-refractivity contribution < 1.29 is 13.9 Å². The highest BCUT2D eigenvalue weighted by molar-refractivity contribution is 9.10. The van der Waals surface area contributed by atoms with Crippen LogP contribution in [0.5, 0.6) is 0 Å². The fourth-order valence-corrected chi connectivity index (χ4v) is 2.07. The number of hydrogen-bond donors (Lipinski definition) is 1. The second kappa shape index (κ2) is 6.12. The Kier molecular flexibility index (Phi) is 4.50. The lowest BCUT2D eigenvalue weighted by molar-refractivity contribution is 0.0601. The van der Waals surface area contributed by atoms with Gasteiger partial charge in [0.1, 0.15) is 5.76 Å². The number of esters is 1. The molecule has 2 rings (SSSR count). The first-order valence-electron chi connectivity index (χ1n) is 5.46. The number of benzene rings is 1. The molecule has 0 unspecified atom stereocenters. The van der Waals surface area contributed by atoms with Crippen LogP contribution in [0.2, 0.25) is 5.02 Å². The third-order valence-electron chi connectivity index (χ3n) is 2.47. The lowest BCUT2D eigenvalue weighted by atomic mass is 10.2. The maximum atomic E-state index is 11.5. The Balaban J connectivity index is 2.10. The largest absolute Gasteiger partial charge is 0.465 e. The van der Waals surface area contributed by atoms with Crippen LogP contribution in [0.1, 0.15) is 16.1 Å². The number of halogens is 2. The molecule has 1 aromatic carbocycles. The van der Waals surface area contributed by atoms with Crippen LogP contribution in [-0.4, -0.2) is 13.1 Å². The van der Waals surface area contributed by atoms with Crippen molar-refractivity contribution in [3.63, 3.8) is 0 Å². The molecule has 0 saturated carbocycles. The molecule has 4 nitrogen and oxygen atoms in total. The lowest BCUT2D eigenvalue weighted by Gasteiger charge is -2.07. The number of anilines is 1. The van der Waals surface area contributed by atoms with Crippen LogP contribution in [0, 0.1) is 0 Å². The number of carbonyl (C=O) groups is 1. The minimum absolute atomic E-state index is 0.329. The topological polar surface area (TPSA) is 51.5 Å². The van der Waals surface area contributed by atoms with Crippen molar-refractivity contribution in [1.29, 1.82) is 0 Å². The summed E-state index contributed by atoms with van der Waals surface area (Å²) in [5.74, 6) is 0.316. The van der Waals surface area contributed by atoms with Crippen LogP contribution in [-0.2, 0) is 11.3 Å². The number of methoxy groups -OCH3 is 1. The summed E-state index contributed by atoms with van der Waals surface area (Å²) in [6.45, 7) is 0.508. The number of hydrogen-bond acceptors (Lipinski definition) is 4. The van der Waals surface area contributed by atoms with E-state index in [1.807, 2.05) is 12.1 Å². The monoisotopic (exact) mass is 343 g/mol. The molecule has 0 spiro atoms. The SMILES string of the molecule is COC(=O)c1cc(NCc2ccc(Br)o2)ccc1Cl. The molecule has 2 aromatic rings. The first-order valence-corrected chi connectivity index (χ1v) is 6.63. The van der Waals surface area contributed by atoms with Gasteiger partial charge in [0.15, 0.2) is 4.67 Å². The first-order chi connectivity index (χ1) is 9.10. The smallest absolute Gasteiger partial charge is 0.339 e. The van der Waals surface area contributed by atoms with Gasteiger partial charge in [0, 0.05) is 5.69 Å². The van der Waals surface area contributed by atoms with E-state index in [2.05, 4.69) is 26.0 Å². The molecule has 1 heterocycles. The molecule has 100 valence electrons. The van der Waals surface area contributed by atoms with E-state index in [0.717, 1.165) is 11.4 Å². The highest BCUT2D eigenvalue weighted by Gasteiger charge is 2.11. The molecule has 0 radical (unpaired) electrons. The number of carbonyl (C=O) groups excluding carboxylic acids is 1. The van der Waals surface area contributed by atoms with Gasteiger partial charge in [-0.1, -0.05) is 11.6 Å². The quantitative estimate of drug-likeness (QED) is 0.849. The summed E-state index contributed by atoms with van der Waals surface area (Å²) in [4.78, 5) is 11.5. The molecular formula is C13H11BrClNO3. The normalized spacial score (nSPS) is 10.3. The fraction of sp³-hybridized carbons (Fsp3) is 0.154. The van der Waals surface area contributed by atoms with Gasteiger partial charge in [-0.25, -0.2) is 4.79 Å². The number of rotatable bonds is 4. The van der Waals surface area contributed by atoms with Gasteiger partial charge in [0.05, 0.1) is 24.2 Å². The number of ether oxygens (including phenoxy) is 1. The average Bonchev–Trinajstić information content (AvgIpc) is 2.83. The Morgan fingerprint density at radius 1 is 1.42 bits per heavy atom. The minimum atomic E-state index is -0.464. The summed E-state index contributed by atoms with van der Waals surface area (Å²) in [5.41, 5.74) is 1.09. The summed E-state index contributed by atoms with van der Waals surface area (Å²) in [6.07, 6.45) is 0. The molecule has 19 heavy (non-hydrogen) atoms. The summed E-state index contributed by atoms with van der Waals surface area (Å²) in [5, 5.41) is 3.50. The zero-order chi connectivity index (χ0) is 13.8. The molecule has 0 aliphatic rings. The van der Waals surface area contributed by atoms with Gasteiger partial charge in [0.2, 0.25) is 0 Å². The third-order valence-corrected chi connectivity index (χ3v) is 3.22. The van der Waals surface area contributed by atoms with Gasteiger partial charge in [0.25, 0.3) is 0 Å². The minimum Gasteiger partial charge on any atom is -0.465 e. The van der Waals surface area contributed by atoms with Crippen molar-refractivity contribution >= 4 is 39.2 Å². The van der Waals surface area contributed by atoms with E-state index in [4.69, 9.17) is 16.0 Å². The molecule has 0 atom stereocenters. The van der Waals surface area contributed by atoms with Gasteiger partial charge < -0.3 is 14.5 Å². The van der Waals surface area contributed by atoms with Gasteiger partial charge in [-0.05, 0) is 46.3 Å². The van der Waals surface area contributed by atoms with E-state index in [1.165, 1.54) is 7.11 Å². The van der Waals surface area contributed by atoms with Crippen LogP contribution in [0.15, 0.2) is 39.4 Å². The lowest BCUT2D eigenvalue weighted by Crippen LogP contribution is -2.04. The Morgan fingerprint density at radius 3 is 2.84 bits per heavy atom. The summed E-state index contributed by atoms with van der Waals surface area (Å²) >= 11 is 9.17. The van der Waals surface area contributed by atoms with E-state index in [0.29, 0.717) is 21.8 Å². The average molecular weight is 345 g/mol. The second-order valence-corrected chi connectivity index (χ2v) is 4.93. The van der Waals surface area contributed by atoms with Gasteiger partial charge in [-0.3, -0.25) is 0 Å². The zero-order valence-electron chi connectivity index (χ0n) is 10.1. The van der Waals surface area contributed by atoms with Crippen molar-refractivity contribution in [2.75, 3.05) is 12.4 Å². The first kappa shape index (κ1) is 14.0. The molecule has 0 bridgehead atoms. The molecule has 0 aliphatic heterocycles. The van der Waals surface area contributed by atoms with Crippen LogP contribution in [0.4, 0.5) is 5.69 Å². The fourth-order valence-electron chi connectivity index (χ4n) is 1.54. The Hall–Kier alpha value is -1.46. The van der Waals surface area contributed by atoms with Crippen molar-refractivity contribution in [3.05, 3.63) is 51.3 Å². The van der Waals surface area contributed by atoms with Crippen LogP contribution >= 0.6 is 27.5 Å². The summed E-state index contributed by atoms with van der Waals surface area (Å²) < 4.78 is 10.7. The van der Waals surface area contributed by atoms with Crippen LogP contribution in [0.3, 0.4) is 0 Å². The summed E-state index contributed by atoms with van der Waals surface area (Å²) in [6, 6.07) is 8.75. The molecule has 0 amide bonds. The molecule has 1 aromatic heterocycles. The maximum absolute atomic E-state index is 11.5. The molecule has 0 saturated heterocycles. The predicted octanol–water partition coefficient (Wildman–Crippen LogP) is 4.09. The van der Waals surface area contributed by atoms with Crippen LogP contribution in [0.25, 0.3) is 0 Å². The van der Waals surface area contributed by atoms with Crippen molar-refractivity contribution in [2.45, 2.75) is 6.54 Å². The van der Waals surface area contributed by atoms with E-state index >= 15 is 0 Å². The zero-order valence-corrected chi connectivity index (χ0v) is 12.4.